The number of carbonyl (C=O) groups excluding carboxylic acids is 2. The van der Waals surface area contributed by atoms with Crippen molar-refractivity contribution in [3.05, 3.63) is 95.1 Å². The highest BCUT2D eigenvalue weighted by Crippen LogP contribution is 2.44. The van der Waals surface area contributed by atoms with Crippen LogP contribution in [0.25, 0.3) is 16.0 Å². The maximum atomic E-state index is 13.3. The lowest BCUT2D eigenvalue weighted by molar-refractivity contribution is -0.132. The van der Waals surface area contributed by atoms with Crippen LogP contribution in [0.4, 0.5) is 5.13 Å². The summed E-state index contributed by atoms with van der Waals surface area (Å²) >= 11 is 1.33. The Balaban J connectivity index is 1.72. The summed E-state index contributed by atoms with van der Waals surface area (Å²) < 4.78 is 6.17. The molecule has 2 heterocycles. The van der Waals surface area contributed by atoms with Gasteiger partial charge in [0, 0.05) is 5.56 Å². The Morgan fingerprint density at radius 3 is 2.36 bits per heavy atom. The number of aliphatic hydroxyl groups excluding tert-OH is 1. The number of carbonyl (C=O) groups is 2. The summed E-state index contributed by atoms with van der Waals surface area (Å²) in [6, 6.07) is 21.0. The summed E-state index contributed by atoms with van der Waals surface area (Å²) in [6.45, 7) is 1.94. The predicted octanol–water partition coefficient (Wildman–Crippen LogP) is 5.24. The normalized spacial score (nSPS) is 17.6. The molecular formula is C26H20N2O4S. The van der Waals surface area contributed by atoms with Crippen LogP contribution in [0.1, 0.15) is 22.7 Å². The minimum Gasteiger partial charge on any atom is -0.507 e. The molecule has 1 amide bonds. The molecule has 1 atom stereocenters. The molecule has 33 heavy (non-hydrogen) atoms. The summed E-state index contributed by atoms with van der Waals surface area (Å²) in [5, 5.41) is 11.6. The van der Waals surface area contributed by atoms with Crippen LogP contribution >= 0.6 is 11.3 Å². The zero-order valence-corrected chi connectivity index (χ0v) is 18.8. The van der Waals surface area contributed by atoms with Gasteiger partial charge >= 0.3 is 5.91 Å². The van der Waals surface area contributed by atoms with E-state index in [0.29, 0.717) is 22.0 Å². The molecule has 7 heteroatoms. The number of hydrogen-bond donors (Lipinski definition) is 1. The zero-order valence-electron chi connectivity index (χ0n) is 18.0. The van der Waals surface area contributed by atoms with Crippen molar-refractivity contribution in [3.8, 4) is 5.75 Å². The molecule has 0 unspecified atom stereocenters. The number of nitrogens with zero attached hydrogens (tertiary/aromatic N) is 2. The van der Waals surface area contributed by atoms with Crippen molar-refractivity contribution >= 4 is 44.1 Å². The van der Waals surface area contributed by atoms with E-state index in [2.05, 4.69) is 4.98 Å². The first-order chi connectivity index (χ1) is 16.0. The topological polar surface area (TPSA) is 79.7 Å². The molecule has 5 rings (SSSR count). The SMILES string of the molecule is COc1ccc([C@H]2C(=C(O)c3ccc(C)cc3)C(=O)C(=O)N2c2nc3ccccc3s2)cc1. The number of aryl methyl sites for hydroxylation is 1. The number of ether oxygens (including phenoxy) is 1. The quantitative estimate of drug-likeness (QED) is 0.258. The third-order valence-corrected chi connectivity index (χ3v) is 6.73. The Kier molecular flexibility index (Phi) is 5.18. The van der Waals surface area contributed by atoms with Gasteiger partial charge in [-0.05, 0) is 36.8 Å². The predicted molar refractivity (Wildman–Crippen MR) is 129 cm³/mol. The van der Waals surface area contributed by atoms with E-state index in [0.717, 1.165) is 15.8 Å². The van der Waals surface area contributed by atoms with Crippen LogP contribution in [0.3, 0.4) is 0 Å². The lowest BCUT2D eigenvalue weighted by atomic mass is 9.95. The molecule has 1 aliphatic heterocycles. The fourth-order valence-electron chi connectivity index (χ4n) is 3.96. The van der Waals surface area contributed by atoms with Crippen LogP contribution in [0, 0.1) is 6.92 Å². The number of ketones is 1. The first-order valence-electron chi connectivity index (χ1n) is 10.4. The van der Waals surface area contributed by atoms with E-state index in [9.17, 15) is 14.7 Å². The van der Waals surface area contributed by atoms with E-state index in [1.165, 1.54) is 16.2 Å². The molecule has 0 radical (unpaired) electrons. The second kappa shape index (κ2) is 8.18. The minimum atomic E-state index is -0.822. The average Bonchev–Trinajstić information content (AvgIpc) is 3.37. The van der Waals surface area contributed by atoms with E-state index in [4.69, 9.17) is 4.74 Å². The van der Waals surface area contributed by atoms with Gasteiger partial charge in [0.15, 0.2) is 5.13 Å². The lowest BCUT2D eigenvalue weighted by Crippen LogP contribution is -2.29. The summed E-state index contributed by atoms with van der Waals surface area (Å²) in [7, 11) is 1.57. The molecular weight excluding hydrogens is 436 g/mol. The molecule has 164 valence electrons. The second-order valence-electron chi connectivity index (χ2n) is 7.77. The largest absolute Gasteiger partial charge is 0.507 e. The van der Waals surface area contributed by atoms with Crippen molar-refractivity contribution < 1.29 is 19.4 Å². The van der Waals surface area contributed by atoms with Crippen LogP contribution in [0.5, 0.6) is 5.75 Å². The van der Waals surface area contributed by atoms with E-state index >= 15 is 0 Å². The standard InChI is InChI=1S/C26H20N2O4S/c1-15-7-9-17(10-8-15)23(29)21-22(16-11-13-18(32-2)14-12-16)28(25(31)24(21)30)26-27-19-5-3-4-6-20(19)33-26/h3-14,22,29H,1-2H3/t22-/m0/s1. The second-order valence-corrected chi connectivity index (χ2v) is 8.78. The van der Waals surface area contributed by atoms with Gasteiger partial charge < -0.3 is 9.84 Å². The number of aliphatic hydroxyl groups is 1. The van der Waals surface area contributed by atoms with Gasteiger partial charge in [-0.1, -0.05) is 65.4 Å². The third-order valence-electron chi connectivity index (χ3n) is 5.69. The van der Waals surface area contributed by atoms with Gasteiger partial charge in [-0.25, -0.2) is 4.98 Å². The van der Waals surface area contributed by atoms with E-state index in [1.807, 2.05) is 43.3 Å². The highest BCUT2D eigenvalue weighted by Gasteiger charge is 2.48. The number of benzene rings is 3. The minimum absolute atomic E-state index is 0.0354. The molecule has 1 aliphatic rings. The van der Waals surface area contributed by atoms with Gasteiger partial charge in [-0.3, -0.25) is 14.5 Å². The van der Waals surface area contributed by atoms with Crippen molar-refractivity contribution in [2.24, 2.45) is 0 Å². The Hall–Kier alpha value is -3.97. The van der Waals surface area contributed by atoms with Gasteiger partial charge in [0.2, 0.25) is 0 Å². The summed E-state index contributed by atoms with van der Waals surface area (Å²) in [5.74, 6) is -1.02. The smallest absolute Gasteiger partial charge is 0.301 e. The number of amides is 1. The van der Waals surface area contributed by atoms with E-state index < -0.39 is 17.7 Å². The molecule has 0 bridgehead atoms. The monoisotopic (exact) mass is 456 g/mol. The molecule has 1 N–H and O–H groups in total. The molecule has 0 saturated carbocycles. The fraction of sp³-hybridized carbons (Fsp3) is 0.115. The number of hydrogen-bond acceptors (Lipinski definition) is 6. The number of aromatic nitrogens is 1. The molecule has 6 nitrogen and oxygen atoms in total. The first kappa shape index (κ1) is 20.9. The van der Waals surface area contributed by atoms with Gasteiger partial charge in [-0.15, -0.1) is 0 Å². The molecule has 0 spiro atoms. The van der Waals surface area contributed by atoms with Gasteiger partial charge in [-0.2, -0.15) is 0 Å². The van der Waals surface area contributed by atoms with E-state index in [-0.39, 0.29) is 11.3 Å². The van der Waals surface area contributed by atoms with Crippen LogP contribution in [0.2, 0.25) is 0 Å². The number of anilines is 1. The van der Waals surface area contributed by atoms with Crippen LogP contribution < -0.4 is 9.64 Å². The zero-order chi connectivity index (χ0) is 23.1. The Bertz CT molecular complexity index is 1370. The van der Waals surface area contributed by atoms with Gasteiger partial charge in [0.25, 0.3) is 5.78 Å². The van der Waals surface area contributed by atoms with Crippen molar-refractivity contribution in [2.45, 2.75) is 13.0 Å². The molecule has 4 aromatic rings. The molecule has 1 aromatic heterocycles. The van der Waals surface area contributed by atoms with Crippen molar-refractivity contribution in [2.75, 3.05) is 12.0 Å². The lowest BCUT2D eigenvalue weighted by Gasteiger charge is -2.23. The van der Waals surface area contributed by atoms with Crippen molar-refractivity contribution in [3.63, 3.8) is 0 Å². The average molecular weight is 457 g/mol. The summed E-state index contributed by atoms with van der Waals surface area (Å²) in [5.41, 5.74) is 2.94. The van der Waals surface area contributed by atoms with Crippen LogP contribution in [-0.4, -0.2) is 28.9 Å². The Labute approximate surface area is 194 Å². The molecule has 1 saturated heterocycles. The number of methoxy groups -OCH3 is 1. The van der Waals surface area contributed by atoms with Crippen LogP contribution in [0.15, 0.2) is 78.4 Å². The van der Waals surface area contributed by atoms with Gasteiger partial charge in [0.05, 0.1) is 28.9 Å². The van der Waals surface area contributed by atoms with E-state index in [1.54, 1.807) is 43.5 Å². The third kappa shape index (κ3) is 3.56. The van der Waals surface area contributed by atoms with Crippen molar-refractivity contribution in [1.29, 1.82) is 0 Å². The number of para-hydroxylation sites is 1. The first-order valence-corrected chi connectivity index (χ1v) is 11.2. The number of Topliss-reactive ketones (excluding diaryl/α,β-unsaturated/α-hetero) is 1. The van der Waals surface area contributed by atoms with Crippen molar-refractivity contribution in [1.82, 2.24) is 4.98 Å². The highest BCUT2D eigenvalue weighted by molar-refractivity contribution is 7.22. The number of rotatable bonds is 4. The number of fused-ring (bicyclic) bond motifs is 1. The highest BCUT2D eigenvalue weighted by atomic mass is 32.1. The Morgan fingerprint density at radius 2 is 1.70 bits per heavy atom. The molecule has 0 aliphatic carbocycles. The maximum Gasteiger partial charge on any atom is 0.301 e. The fourth-order valence-corrected chi connectivity index (χ4v) is 4.95. The Morgan fingerprint density at radius 1 is 1.00 bits per heavy atom. The number of thiazole rings is 1. The summed E-state index contributed by atoms with van der Waals surface area (Å²) in [4.78, 5) is 32.5. The molecule has 3 aromatic carbocycles. The van der Waals surface area contributed by atoms with Crippen LogP contribution in [-0.2, 0) is 9.59 Å². The summed E-state index contributed by atoms with van der Waals surface area (Å²) in [6.07, 6.45) is 0. The van der Waals surface area contributed by atoms with Gasteiger partial charge in [0.1, 0.15) is 11.5 Å². The molecule has 1 fully saturated rings. The maximum absolute atomic E-state index is 13.3.